The lowest BCUT2D eigenvalue weighted by Gasteiger charge is -2.28. The number of aliphatic imine (C=N–C) groups is 1. The zero-order valence-electron chi connectivity index (χ0n) is 19.7. The smallest absolute Gasteiger partial charge is 0.206 e. The third-order valence-electron chi connectivity index (χ3n) is 7.39. The molecule has 0 aromatic heterocycles. The Labute approximate surface area is 200 Å². The summed E-state index contributed by atoms with van der Waals surface area (Å²) in [6.07, 6.45) is 4.63. The van der Waals surface area contributed by atoms with Crippen LogP contribution in [0.5, 0.6) is 0 Å². The number of para-hydroxylation sites is 2. The quantitative estimate of drug-likeness (QED) is 0.505. The summed E-state index contributed by atoms with van der Waals surface area (Å²) in [5, 5.41) is 0. The molecule has 0 bridgehead atoms. The van der Waals surface area contributed by atoms with Crippen LogP contribution in [0.2, 0.25) is 0 Å². The molecule has 1 aliphatic carbocycles. The Kier molecular flexibility index (Phi) is 4.59. The summed E-state index contributed by atoms with van der Waals surface area (Å²) in [5.74, 6) is -0.0501. The average Bonchev–Trinajstić information content (AvgIpc) is 3.36. The van der Waals surface area contributed by atoms with E-state index in [0.29, 0.717) is 5.71 Å². The fourth-order valence-electron chi connectivity index (χ4n) is 5.62. The minimum atomic E-state index is -0.188. The van der Waals surface area contributed by atoms with Crippen molar-refractivity contribution in [3.05, 3.63) is 113 Å². The SMILES string of the molecule is CN1/C(=C\N=C2C(=O)C=C(N3CCc4ccccc43)c3ccccc32)C(C)(C)c2ccccc21. The van der Waals surface area contributed by atoms with Crippen molar-refractivity contribution in [2.24, 2.45) is 4.99 Å². The van der Waals surface area contributed by atoms with Crippen molar-refractivity contribution in [2.75, 3.05) is 23.4 Å². The number of carbonyl (C=O) groups is 1. The van der Waals surface area contributed by atoms with Gasteiger partial charge in [-0.3, -0.25) is 9.79 Å². The van der Waals surface area contributed by atoms with E-state index in [1.807, 2.05) is 24.4 Å². The molecular formula is C30H27N3O. The van der Waals surface area contributed by atoms with Gasteiger partial charge in [-0.05, 0) is 29.7 Å². The van der Waals surface area contributed by atoms with Crippen molar-refractivity contribution in [2.45, 2.75) is 25.7 Å². The van der Waals surface area contributed by atoms with Gasteiger partial charge in [-0.1, -0.05) is 74.5 Å². The van der Waals surface area contributed by atoms with Crippen LogP contribution in [0.25, 0.3) is 5.70 Å². The molecule has 2 heterocycles. The summed E-state index contributed by atoms with van der Waals surface area (Å²) in [5.41, 5.74) is 9.26. The van der Waals surface area contributed by atoms with E-state index in [4.69, 9.17) is 4.99 Å². The van der Waals surface area contributed by atoms with Crippen molar-refractivity contribution in [1.82, 2.24) is 0 Å². The summed E-state index contributed by atoms with van der Waals surface area (Å²) in [7, 11) is 2.07. The molecule has 0 N–H and O–H groups in total. The van der Waals surface area contributed by atoms with Crippen molar-refractivity contribution in [3.63, 3.8) is 0 Å². The van der Waals surface area contributed by atoms with E-state index in [1.54, 1.807) is 6.08 Å². The van der Waals surface area contributed by atoms with Crippen LogP contribution >= 0.6 is 0 Å². The van der Waals surface area contributed by atoms with Gasteiger partial charge in [-0.15, -0.1) is 0 Å². The average molecular weight is 446 g/mol. The second-order valence-corrected chi connectivity index (χ2v) is 9.66. The molecule has 0 amide bonds. The van der Waals surface area contributed by atoms with Crippen LogP contribution in [0, 0.1) is 0 Å². The second kappa shape index (κ2) is 7.56. The summed E-state index contributed by atoms with van der Waals surface area (Å²) in [6.45, 7) is 5.29. The summed E-state index contributed by atoms with van der Waals surface area (Å²) in [6, 6.07) is 25.0. The number of benzene rings is 3. The number of fused-ring (bicyclic) bond motifs is 3. The Morgan fingerprint density at radius 3 is 2.35 bits per heavy atom. The third kappa shape index (κ3) is 2.98. The number of hydrogen-bond acceptors (Lipinski definition) is 4. The molecule has 34 heavy (non-hydrogen) atoms. The van der Waals surface area contributed by atoms with Crippen LogP contribution < -0.4 is 9.80 Å². The Morgan fingerprint density at radius 2 is 1.56 bits per heavy atom. The van der Waals surface area contributed by atoms with Crippen LogP contribution in [0.3, 0.4) is 0 Å². The predicted molar refractivity (Wildman–Crippen MR) is 139 cm³/mol. The molecule has 3 aromatic rings. The topological polar surface area (TPSA) is 35.9 Å². The third-order valence-corrected chi connectivity index (χ3v) is 7.39. The van der Waals surface area contributed by atoms with Gasteiger partial charge in [-0.25, -0.2) is 0 Å². The van der Waals surface area contributed by atoms with Crippen LogP contribution in [0.15, 0.2) is 95.8 Å². The molecule has 168 valence electrons. The normalized spacial score (nSPS) is 20.4. The highest BCUT2D eigenvalue weighted by Gasteiger charge is 2.38. The van der Waals surface area contributed by atoms with Crippen molar-refractivity contribution in [3.8, 4) is 0 Å². The zero-order valence-corrected chi connectivity index (χ0v) is 19.7. The highest BCUT2D eigenvalue weighted by atomic mass is 16.1. The Morgan fingerprint density at radius 1 is 0.882 bits per heavy atom. The predicted octanol–water partition coefficient (Wildman–Crippen LogP) is 5.73. The zero-order chi connectivity index (χ0) is 23.4. The lowest BCUT2D eigenvalue weighted by molar-refractivity contribution is -0.108. The van der Waals surface area contributed by atoms with E-state index in [1.165, 1.54) is 22.5 Å². The Balaban J connectivity index is 1.43. The standard InChI is InChI=1S/C30H27N3O/c1-30(2)23-13-7-9-15-25(23)32(3)28(30)19-31-29-22-12-6-5-11-21(22)26(18-27(29)34)33-17-16-20-10-4-8-14-24(20)33/h4-15,18-19H,16-17H2,1-3H3/b28-19-,31-29?. The number of ketones is 1. The maximum absolute atomic E-state index is 13.4. The molecule has 0 spiro atoms. The van der Waals surface area contributed by atoms with E-state index in [-0.39, 0.29) is 11.2 Å². The first-order valence-corrected chi connectivity index (χ1v) is 11.8. The molecule has 4 heteroatoms. The minimum Gasteiger partial charge on any atom is -0.346 e. The summed E-state index contributed by atoms with van der Waals surface area (Å²) < 4.78 is 0. The maximum Gasteiger partial charge on any atom is 0.206 e. The van der Waals surface area contributed by atoms with Gasteiger partial charge in [0.05, 0.1) is 5.70 Å². The molecule has 0 saturated heterocycles. The fourth-order valence-corrected chi connectivity index (χ4v) is 5.62. The first-order chi connectivity index (χ1) is 16.5. The van der Waals surface area contributed by atoms with Gasteiger partial charge in [0.1, 0.15) is 5.71 Å². The first-order valence-electron chi connectivity index (χ1n) is 11.8. The summed E-state index contributed by atoms with van der Waals surface area (Å²) >= 11 is 0. The first kappa shape index (κ1) is 20.7. The number of allylic oxidation sites excluding steroid dienone is 2. The van der Waals surface area contributed by atoms with Gasteiger partial charge in [0.15, 0.2) is 0 Å². The van der Waals surface area contributed by atoms with Gasteiger partial charge < -0.3 is 9.80 Å². The molecule has 4 nitrogen and oxygen atoms in total. The molecule has 6 rings (SSSR count). The molecule has 3 aromatic carbocycles. The van der Waals surface area contributed by atoms with Crippen molar-refractivity contribution < 1.29 is 4.79 Å². The number of anilines is 2. The van der Waals surface area contributed by atoms with E-state index < -0.39 is 0 Å². The monoisotopic (exact) mass is 445 g/mol. The lowest BCUT2D eigenvalue weighted by Crippen LogP contribution is -2.28. The molecular weight excluding hydrogens is 418 g/mol. The van der Waals surface area contributed by atoms with Crippen LogP contribution in [0.1, 0.15) is 36.1 Å². The number of nitrogens with zero attached hydrogens (tertiary/aromatic N) is 3. The molecule has 0 radical (unpaired) electrons. The number of carbonyl (C=O) groups excluding carboxylic acids is 1. The van der Waals surface area contributed by atoms with Crippen molar-refractivity contribution >= 4 is 28.6 Å². The largest absolute Gasteiger partial charge is 0.346 e. The lowest BCUT2D eigenvalue weighted by atomic mass is 9.84. The molecule has 0 unspecified atom stereocenters. The highest BCUT2D eigenvalue weighted by molar-refractivity contribution is 6.53. The Bertz CT molecular complexity index is 1430. The fraction of sp³-hybridized carbons (Fsp3) is 0.200. The molecule has 0 atom stereocenters. The number of rotatable bonds is 2. The van der Waals surface area contributed by atoms with Gasteiger partial charge in [-0.2, -0.15) is 0 Å². The van der Waals surface area contributed by atoms with Crippen LogP contribution in [-0.2, 0) is 16.6 Å². The molecule has 0 fully saturated rings. The van der Waals surface area contributed by atoms with E-state index in [2.05, 4.69) is 85.3 Å². The number of hydrogen-bond donors (Lipinski definition) is 0. The van der Waals surface area contributed by atoms with Crippen LogP contribution in [0.4, 0.5) is 11.4 Å². The maximum atomic E-state index is 13.4. The molecule has 2 aliphatic heterocycles. The van der Waals surface area contributed by atoms with Crippen LogP contribution in [-0.4, -0.2) is 25.1 Å². The second-order valence-electron chi connectivity index (χ2n) is 9.66. The van der Waals surface area contributed by atoms with Gasteiger partial charge in [0, 0.05) is 59.5 Å². The molecule has 3 aliphatic rings. The molecule has 0 saturated carbocycles. The van der Waals surface area contributed by atoms with E-state index in [9.17, 15) is 4.79 Å². The van der Waals surface area contributed by atoms with Gasteiger partial charge in [0.25, 0.3) is 0 Å². The van der Waals surface area contributed by atoms with E-state index in [0.717, 1.165) is 35.5 Å². The Hall–Kier alpha value is -3.92. The minimum absolute atomic E-state index is 0.0501. The van der Waals surface area contributed by atoms with Crippen molar-refractivity contribution in [1.29, 1.82) is 0 Å². The highest BCUT2D eigenvalue weighted by Crippen LogP contribution is 2.46. The van der Waals surface area contributed by atoms with E-state index >= 15 is 0 Å². The number of likely N-dealkylation sites (N-methyl/N-ethyl adjacent to an activating group) is 1. The van der Waals surface area contributed by atoms with Gasteiger partial charge >= 0.3 is 0 Å². The summed E-state index contributed by atoms with van der Waals surface area (Å²) in [4.78, 5) is 22.7. The van der Waals surface area contributed by atoms with Gasteiger partial charge in [0.2, 0.25) is 5.78 Å².